The van der Waals surface area contributed by atoms with E-state index in [9.17, 15) is 9.59 Å². The van der Waals surface area contributed by atoms with E-state index in [0.29, 0.717) is 67.4 Å². The van der Waals surface area contributed by atoms with Gasteiger partial charge < -0.3 is 37.3 Å². The predicted octanol–water partition coefficient (Wildman–Crippen LogP) is 5.23. The predicted molar refractivity (Wildman–Crippen MR) is 162 cm³/mol. The zero-order valence-electron chi connectivity index (χ0n) is 24.6. The number of nitrogens with zero attached hydrogens (tertiary/aromatic N) is 2. The number of fused-ring (bicyclic) bond motifs is 3. The summed E-state index contributed by atoms with van der Waals surface area (Å²) in [5, 5.41) is 1.72. The van der Waals surface area contributed by atoms with Crippen molar-refractivity contribution in [2.24, 2.45) is 0 Å². The fraction of sp³-hybridized carbons (Fsp3) is 0.188. The van der Waals surface area contributed by atoms with Crippen molar-refractivity contribution in [3.05, 3.63) is 69.4 Å². The molecule has 0 spiro atoms. The average molecular weight is 599 g/mol. The zero-order chi connectivity index (χ0) is 31.1. The second kappa shape index (κ2) is 11.1. The number of ether oxygens (including phenoxy) is 6. The van der Waals surface area contributed by atoms with Gasteiger partial charge in [-0.15, -0.1) is 0 Å². The molecule has 0 amide bonds. The molecule has 6 rings (SSSR count). The second-order valence-electron chi connectivity index (χ2n) is 9.51. The third-order valence-corrected chi connectivity index (χ3v) is 7.19. The van der Waals surface area contributed by atoms with Gasteiger partial charge in [0.25, 0.3) is 0 Å². The van der Waals surface area contributed by atoms with E-state index in [0.717, 1.165) is 0 Å². The third-order valence-electron chi connectivity index (χ3n) is 7.19. The molecule has 2 aromatic heterocycles. The maximum Gasteiger partial charge on any atom is 0.347 e. The first-order valence-electron chi connectivity index (χ1n) is 13.2. The lowest BCUT2D eigenvalue weighted by molar-refractivity contribution is 0.355. The van der Waals surface area contributed by atoms with Crippen LogP contribution in [0.3, 0.4) is 0 Å². The minimum Gasteiger partial charge on any atom is -0.496 e. The van der Waals surface area contributed by atoms with E-state index in [1.165, 1.54) is 54.8 Å². The van der Waals surface area contributed by atoms with Crippen molar-refractivity contribution in [2.45, 2.75) is 0 Å². The molecule has 0 unspecified atom stereocenters. The first-order valence-corrected chi connectivity index (χ1v) is 13.2. The van der Waals surface area contributed by atoms with Gasteiger partial charge in [0.15, 0.2) is 23.0 Å². The summed E-state index contributed by atoms with van der Waals surface area (Å²) in [6.45, 7) is 0. The highest BCUT2D eigenvalue weighted by Gasteiger charge is 2.20. The largest absolute Gasteiger partial charge is 0.496 e. The summed E-state index contributed by atoms with van der Waals surface area (Å²) in [7, 11) is 8.96. The van der Waals surface area contributed by atoms with E-state index < -0.39 is 11.3 Å². The van der Waals surface area contributed by atoms with Crippen LogP contribution in [0.5, 0.6) is 34.5 Å². The second-order valence-corrected chi connectivity index (χ2v) is 9.51. The first kappa shape index (κ1) is 28.3. The van der Waals surface area contributed by atoms with E-state index in [1.54, 1.807) is 36.4 Å². The van der Waals surface area contributed by atoms with Crippen LogP contribution in [0.2, 0.25) is 0 Å². The Morgan fingerprint density at radius 3 is 1.11 bits per heavy atom. The van der Waals surface area contributed by atoms with Gasteiger partial charge in [0.1, 0.15) is 11.5 Å². The minimum absolute atomic E-state index is 0.0626. The molecule has 0 N–H and O–H groups in total. The van der Waals surface area contributed by atoms with E-state index >= 15 is 0 Å². The van der Waals surface area contributed by atoms with Crippen LogP contribution in [0, 0.1) is 0 Å². The van der Waals surface area contributed by atoms with Gasteiger partial charge in [0.2, 0.25) is 11.8 Å². The van der Waals surface area contributed by atoms with Gasteiger partial charge in [-0.25, -0.2) is 19.6 Å². The lowest BCUT2D eigenvalue weighted by atomic mass is 10.0. The summed E-state index contributed by atoms with van der Waals surface area (Å²) < 4.78 is 44.1. The summed E-state index contributed by atoms with van der Waals surface area (Å²) in [6.07, 6.45) is 0. The van der Waals surface area contributed by atoms with Crippen molar-refractivity contribution in [3.8, 4) is 57.4 Å². The Morgan fingerprint density at radius 1 is 0.432 bits per heavy atom. The van der Waals surface area contributed by atoms with Gasteiger partial charge in [-0.05, 0) is 24.3 Å². The average Bonchev–Trinajstić information content (AvgIpc) is 3.05. The topological polar surface area (TPSA) is 142 Å². The van der Waals surface area contributed by atoms with Gasteiger partial charge in [-0.3, -0.25) is 0 Å². The Balaban J connectivity index is 1.53. The molecule has 2 heterocycles. The van der Waals surface area contributed by atoms with Gasteiger partial charge in [-0.2, -0.15) is 0 Å². The Kier molecular flexibility index (Phi) is 7.17. The van der Waals surface area contributed by atoms with E-state index in [2.05, 4.69) is 9.97 Å². The molecule has 0 saturated carbocycles. The van der Waals surface area contributed by atoms with Gasteiger partial charge in [0, 0.05) is 46.2 Å². The van der Waals surface area contributed by atoms with Crippen molar-refractivity contribution in [1.29, 1.82) is 0 Å². The number of hydrogen-bond donors (Lipinski definition) is 0. The van der Waals surface area contributed by atoms with Crippen LogP contribution in [0.25, 0.3) is 55.5 Å². The van der Waals surface area contributed by atoms with E-state index in [-0.39, 0.29) is 22.6 Å². The van der Waals surface area contributed by atoms with E-state index in [1.807, 2.05) is 0 Å². The molecule has 0 saturated heterocycles. The van der Waals surface area contributed by atoms with Gasteiger partial charge >= 0.3 is 11.3 Å². The SMILES string of the molecule is COc1cc2nc(-c3cc(OC)c4cc(-c5nc6cc(OC)c(OC)cc6c(=O)o5)cc(OC)c4c3)oc(=O)c2cc1OC. The van der Waals surface area contributed by atoms with Crippen LogP contribution in [0.4, 0.5) is 0 Å². The zero-order valence-corrected chi connectivity index (χ0v) is 24.6. The molecular formula is C32H26N2O10. The van der Waals surface area contributed by atoms with Gasteiger partial charge in [-0.1, -0.05) is 0 Å². The van der Waals surface area contributed by atoms with Crippen LogP contribution in [-0.4, -0.2) is 52.6 Å². The molecule has 0 radical (unpaired) electrons. The number of methoxy groups -OCH3 is 6. The number of hydrogen-bond acceptors (Lipinski definition) is 12. The molecule has 0 aliphatic rings. The van der Waals surface area contributed by atoms with Crippen molar-refractivity contribution in [2.75, 3.05) is 42.7 Å². The van der Waals surface area contributed by atoms with Crippen molar-refractivity contribution >= 4 is 32.6 Å². The van der Waals surface area contributed by atoms with Crippen LogP contribution in [0.15, 0.2) is 67.0 Å². The third kappa shape index (κ3) is 4.66. The Labute approximate surface area is 249 Å². The molecule has 0 aliphatic heterocycles. The maximum absolute atomic E-state index is 13.0. The Morgan fingerprint density at radius 2 is 0.773 bits per heavy atom. The number of aromatic nitrogens is 2. The van der Waals surface area contributed by atoms with Gasteiger partial charge in [0.05, 0.1) is 64.5 Å². The highest BCUT2D eigenvalue weighted by Crippen LogP contribution is 2.40. The molecule has 0 fully saturated rings. The molecular weight excluding hydrogens is 572 g/mol. The minimum atomic E-state index is -0.598. The molecule has 224 valence electrons. The van der Waals surface area contributed by atoms with Crippen LogP contribution >= 0.6 is 0 Å². The molecule has 6 aromatic rings. The Hall–Kier alpha value is -5.78. The number of rotatable bonds is 8. The smallest absolute Gasteiger partial charge is 0.347 e. The molecule has 12 nitrogen and oxygen atoms in total. The molecule has 0 aliphatic carbocycles. The Bertz CT molecular complexity index is 2050. The molecule has 4 aromatic carbocycles. The molecule has 44 heavy (non-hydrogen) atoms. The molecule has 0 atom stereocenters. The van der Waals surface area contributed by atoms with Crippen molar-refractivity contribution in [3.63, 3.8) is 0 Å². The number of benzene rings is 4. The fourth-order valence-electron chi connectivity index (χ4n) is 5.03. The maximum atomic E-state index is 13.0. The quantitative estimate of drug-likeness (QED) is 0.226. The molecule has 0 bridgehead atoms. The van der Waals surface area contributed by atoms with Crippen molar-refractivity contribution < 1.29 is 37.3 Å². The highest BCUT2D eigenvalue weighted by atomic mass is 16.5. The summed E-state index contributed by atoms with van der Waals surface area (Å²) in [5.41, 5.74) is 0.457. The fourth-order valence-corrected chi connectivity index (χ4v) is 5.03. The lowest BCUT2D eigenvalue weighted by Crippen LogP contribution is -2.05. The monoisotopic (exact) mass is 598 g/mol. The van der Waals surface area contributed by atoms with Crippen LogP contribution in [0.1, 0.15) is 0 Å². The summed E-state index contributed by atoms with van der Waals surface area (Å²) in [6, 6.07) is 13.2. The normalized spacial score (nSPS) is 11.1. The van der Waals surface area contributed by atoms with E-state index in [4.69, 9.17) is 37.3 Å². The lowest BCUT2D eigenvalue weighted by Gasteiger charge is -2.14. The summed E-state index contributed by atoms with van der Waals surface area (Å²) >= 11 is 0. The first-order chi connectivity index (χ1) is 21.3. The summed E-state index contributed by atoms with van der Waals surface area (Å²) in [4.78, 5) is 35.1. The van der Waals surface area contributed by atoms with Crippen LogP contribution < -0.4 is 39.7 Å². The standard InChI is InChI=1S/C32H26N2O10/c1-37-23-9-15(29-33-21-13-27(41-5)25(39-3)11-19(21)31(35)43-29)8-18-17(23)7-16(10-24(18)38-2)30-34-22-14-28(42-6)26(40-4)12-20(22)32(36)44-30/h7-14H,1-6H3. The molecule has 12 heteroatoms. The highest BCUT2D eigenvalue weighted by molar-refractivity contribution is 5.99. The van der Waals surface area contributed by atoms with Crippen LogP contribution in [-0.2, 0) is 0 Å². The van der Waals surface area contributed by atoms with Crippen molar-refractivity contribution in [1.82, 2.24) is 9.97 Å². The summed E-state index contributed by atoms with van der Waals surface area (Å²) in [5.74, 6) is 2.56.